The van der Waals surface area contributed by atoms with Crippen molar-refractivity contribution in [3.05, 3.63) is 17.8 Å². The zero-order valence-corrected chi connectivity index (χ0v) is 21.6. The first kappa shape index (κ1) is 25.8. The first-order valence-electron chi connectivity index (χ1n) is 12.5. The Morgan fingerprint density at radius 3 is 2.47 bits per heavy atom. The number of nitrogens with two attached hydrogens (primary N) is 1. The Hall–Kier alpha value is -3.24. The molecule has 198 valence electrons. The van der Waals surface area contributed by atoms with E-state index in [4.69, 9.17) is 15.2 Å². The molecule has 0 spiro atoms. The summed E-state index contributed by atoms with van der Waals surface area (Å²) in [5.74, 6) is 1.03. The maximum atomic E-state index is 13.4. The fourth-order valence-corrected chi connectivity index (χ4v) is 6.32. The van der Waals surface area contributed by atoms with Gasteiger partial charge in [-0.05, 0) is 83.6 Å². The van der Waals surface area contributed by atoms with E-state index < -0.39 is 23.3 Å². The Bertz CT molecular complexity index is 1030. The number of aromatic nitrogens is 2. The van der Waals surface area contributed by atoms with E-state index in [1.165, 1.54) is 18.0 Å². The SMILES string of the molecule is COC(=O)NC(C)(C)/C=C/n1ncc(C(=O)N[C@H]2C3CC4CC2C[C@](OC(N)=O)(C4)C3)c1OC(C)C. The summed E-state index contributed by atoms with van der Waals surface area (Å²) < 4.78 is 17.7. The molecule has 0 aromatic carbocycles. The molecule has 0 saturated heterocycles. The van der Waals surface area contributed by atoms with E-state index in [0.29, 0.717) is 30.2 Å². The van der Waals surface area contributed by atoms with Crippen LogP contribution in [0.5, 0.6) is 5.88 Å². The van der Waals surface area contributed by atoms with Gasteiger partial charge >= 0.3 is 12.2 Å². The van der Waals surface area contributed by atoms with Crippen LogP contribution in [0.2, 0.25) is 0 Å². The van der Waals surface area contributed by atoms with Crippen LogP contribution >= 0.6 is 0 Å². The minimum absolute atomic E-state index is 0.00682. The van der Waals surface area contributed by atoms with Gasteiger partial charge in [-0.3, -0.25) is 4.79 Å². The van der Waals surface area contributed by atoms with Gasteiger partial charge in [0.05, 0.1) is 24.9 Å². The molecule has 4 bridgehead atoms. The van der Waals surface area contributed by atoms with Gasteiger partial charge in [0.25, 0.3) is 5.91 Å². The first-order valence-corrected chi connectivity index (χ1v) is 12.5. The second-order valence-corrected chi connectivity index (χ2v) is 11.2. The van der Waals surface area contributed by atoms with Crippen LogP contribution in [0.25, 0.3) is 6.20 Å². The van der Waals surface area contributed by atoms with Crippen molar-refractivity contribution in [3.63, 3.8) is 0 Å². The van der Waals surface area contributed by atoms with Crippen LogP contribution in [0.15, 0.2) is 12.3 Å². The highest BCUT2D eigenvalue weighted by molar-refractivity contribution is 5.96. The zero-order chi connectivity index (χ0) is 26.3. The molecule has 4 fully saturated rings. The third-order valence-corrected chi connectivity index (χ3v) is 7.42. The highest BCUT2D eigenvalue weighted by Gasteiger charge is 2.57. The van der Waals surface area contributed by atoms with Gasteiger partial charge in [0.15, 0.2) is 0 Å². The average molecular weight is 504 g/mol. The van der Waals surface area contributed by atoms with Gasteiger partial charge in [-0.2, -0.15) is 5.10 Å². The second kappa shape index (κ2) is 9.67. The molecular formula is C25H37N5O6. The van der Waals surface area contributed by atoms with Gasteiger partial charge in [-0.25, -0.2) is 14.3 Å². The Morgan fingerprint density at radius 1 is 1.22 bits per heavy atom. The summed E-state index contributed by atoms with van der Waals surface area (Å²) >= 11 is 0. The Kier molecular flexibility index (Phi) is 6.94. The Balaban J connectivity index is 1.51. The highest BCUT2D eigenvalue weighted by Crippen LogP contribution is 2.57. The van der Waals surface area contributed by atoms with E-state index in [9.17, 15) is 14.4 Å². The minimum Gasteiger partial charge on any atom is -0.474 e. The number of alkyl carbamates (subject to hydrolysis) is 1. The van der Waals surface area contributed by atoms with Crippen LogP contribution in [-0.2, 0) is 9.47 Å². The number of nitrogens with zero attached hydrogens (tertiary/aromatic N) is 2. The van der Waals surface area contributed by atoms with E-state index in [1.807, 2.05) is 27.7 Å². The van der Waals surface area contributed by atoms with Crippen molar-refractivity contribution in [3.8, 4) is 5.88 Å². The molecule has 11 heteroatoms. The lowest BCUT2D eigenvalue weighted by Gasteiger charge is -2.58. The average Bonchev–Trinajstić information content (AvgIpc) is 3.15. The molecule has 36 heavy (non-hydrogen) atoms. The molecule has 5 rings (SSSR count). The molecular weight excluding hydrogens is 466 g/mol. The van der Waals surface area contributed by atoms with Gasteiger partial charge in [0.1, 0.15) is 11.2 Å². The third-order valence-electron chi connectivity index (χ3n) is 7.42. The van der Waals surface area contributed by atoms with Gasteiger partial charge in [0.2, 0.25) is 5.88 Å². The molecule has 4 aliphatic rings. The fourth-order valence-electron chi connectivity index (χ4n) is 6.32. The number of carbonyl (C=O) groups excluding carboxylic acids is 3. The lowest BCUT2D eigenvalue weighted by Crippen LogP contribution is -2.63. The van der Waals surface area contributed by atoms with Gasteiger partial charge in [-0.1, -0.05) is 0 Å². The molecule has 4 aliphatic carbocycles. The summed E-state index contributed by atoms with van der Waals surface area (Å²) in [4.78, 5) is 36.6. The maximum absolute atomic E-state index is 13.4. The van der Waals surface area contributed by atoms with E-state index in [0.717, 1.165) is 19.3 Å². The topological polar surface area (TPSA) is 147 Å². The molecule has 11 nitrogen and oxygen atoms in total. The molecule has 4 N–H and O–H groups in total. The summed E-state index contributed by atoms with van der Waals surface area (Å²) in [5, 5.41) is 10.3. The number of nitrogens with one attached hydrogen (secondary N) is 2. The third kappa shape index (κ3) is 5.44. The first-order chi connectivity index (χ1) is 16.9. The van der Waals surface area contributed by atoms with Gasteiger partial charge < -0.3 is 30.6 Å². The molecule has 1 aromatic rings. The summed E-state index contributed by atoms with van der Waals surface area (Å²) in [6.07, 6.45) is 7.72. The number of primary amides is 1. The van der Waals surface area contributed by atoms with Crippen LogP contribution in [-0.4, -0.2) is 58.3 Å². The summed E-state index contributed by atoms with van der Waals surface area (Å²) in [5.41, 5.74) is 4.48. The lowest BCUT2D eigenvalue weighted by molar-refractivity contribution is -0.137. The van der Waals surface area contributed by atoms with Crippen molar-refractivity contribution < 1.29 is 28.6 Å². The quantitative estimate of drug-likeness (QED) is 0.494. The van der Waals surface area contributed by atoms with Crippen molar-refractivity contribution in [2.75, 3.05) is 7.11 Å². The number of methoxy groups -OCH3 is 1. The molecule has 0 aliphatic heterocycles. The van der Waals surface area contributed by atoms with Crippen molar-refractivity contribution in [1.82, 2.24) is 20.4 Å². The van der Waals surface area contributed by atoms with Gasteiger partial charge in [-0.15, -0.1) is 0 Å². The largest absolute Gasteiger partial charge is 0.474 e. The van der Waals surface area contributed by atoms with Crippen molar-refractivity contribution in [2.45, 2.75) is 83.1 Å². The Labute approximate surface area is 211 Å². The standard InChI is InChI=1S/C25H37N5O6/c1-14(2)35-21-18(13-27-30(21)7-6-24(3,4)29-23(33)34-5)20(31)28-19-16-8-15-9-17(19)12-25(10-15,11-16)36-22(26)32/h6-7,13-17,19H,8-12H2,1-5H3,(H2,26,32)(H,28,31)(H,29,33)/b7-6+/t15?,16?,17?,19-,25-. The summed E-state index contributed by atoms with van der Waals surface area (Å²) in [6.45, 7) is 7.37. The Morgan fingerprint density at radius 2 is 1.89 bits per heavy atom. The van der Waals surface area contributed by atoms with E-state index in [2.05, 4.69) is 20.5 Å². The summed E-state index contributed by atoms with van der Waals surface area (Å²) in [7, 11) is 1.30. The van der Waals surface area contributed by atoms with Crippen LogP contribution in [0.4, 0.5) is 9.59 Å². The van der Waals surface area contributed by atoms with Crippen molar-refractivity contribution in [1.29, 1.82) is 0 Å². The van der Waals surface area contributed by atoms with E-state index >= 15 is 0 Å². The lowest BCUT2D eigenvalue weighted by atomic mass is 9.52. The number of carbonyl (C=O) groups is 3. The molecule has 1 heterocycles. The zero-order valence-electron chi connectivity index (χ0n) is 21.6. The molecule has 3 amide bonds. The number of hydrogen-bond donors (Lipinski definition) is 3. The smallest absolute Gasteiger partial charge is 0.407 e. The predicted molar refractivity (Wildman–Crippen MR) is 131 cm³/mol. The van der Waals surface area contributed by atoms with Crippen LogP contribution in [0, 0.1) is 17.8 Å². The van der Waals surface area contributed by atoms with Crippen LogP contribution in [0.3, 0.4) is 0 Å². The molecule has 2 atom stereocenters. The molecule has 0 radical (unpaired) electrons. The monoisotopic (exact) mass is 503 g/mol. The number of hydrogen-bond acceptors (Lipinski definition) is 7. The van der Waals surface area contributed by atoms with Crippen LogP contribution < -0.4 is 21.1 Å². The highest BCUT2D eigenvalue weighted by atomic mass is 16.6. The number of amides is 3. The molecule has 1 aromatic heterocycles. The van der Waals surface area contributed by atoms with Crippen molar-refractivity contribution >= 4 is 24.3 Å². The fraction of sp³-hybridized carbons (Fsp3) is 0.680. The molecule has 2 unspecified atom stereocenters. The van der Waals surface area contributed by atoms with E-state index in [-0.39, 0.29) is 29.9 Å². The molecule has 4 saturated carbocycles. The normalized spacial score (nSPS) is 28.8. The number of ether oxygens (including phenoxy) is 3. The number of rotatable bonds is 8. The van der Waals surface area contributed by atoms with Gasteiger partial charge in [0, 0.05) is 12.2 Å². The summed E-state index contributed by atoms with van der Waals surface area (Å²) in [6, 6.07) is -0.00682. The van der Waals surface area contributed by atoms with E-state index in [1.54, 1.807) is 12.3 Å². The maximum Gasteiger partial charge on any atom is 0.407 e. The predicted octanol–water partition coefficient (Wildman–Crippen LogP) is 3.05. The van der Waals surface area contributed by atoms with Crippen LogP contribution in [0.1, 0.15) is 70.2 Å². The minimum atomic E-state index is -0.724. The van der Waals surface area contributed by atoms with Crippen molar-refractivity contribution in [2.24, 2.45) is 23.5 Å². The second-order valence-electron chi connectivity index (χ2n) is 11.2.